The Hall–Kier alpha value is -0.980. The number of benzene rings is 1. The minimum absolute atomic E-state index is 0.385. The summed E-state index contributed by atoms with van der Waals surface area (Å²) in [4.78, 5) is 10.5. The van der Waals surface area contributed by atoms with Crippen molar-refractivity contribution in [2.45, 2.75) is 25.1 Å². The van der Waals surface area contributed by atoms with Crippen molar-refractivity contribution < 1.29 is 26.7 Å². The second-order valence-electron chi connectivity index (χ2n) is 4.28. The second kappa shape index (κ2) is 5.98. The molecular formula is C12H10BrF5O. The molecule has 0 saturated carbocycles. The lowest BCUT2D eigenvalue weighted by Gasteiger charge is -2.13. The topological polar surface area (TPSA) is 17.1 Å². The summed E-state index contributed by atoms with van der Waals surface area (Å²) in [6.07, 6.45) is -0.608. The van der Waals surface area contributed by atoms with Gasteiger partial charge in [0.15, 0.2) is 23.3 Å². The van der Waals surface area contributed by atoms with Crippen LogP contribution in [-0.2, 0) is 11.2 Å². The van der Waals surface area contributed by atoms with Crippen LogP contribution in [0.15, 0.2) is 0 Å². The van der Waals surface area contributed by atoms with Crippen LogP contribution < -0.4 is 0 Å². The van der Waals surface area contributed by atoms with E-state index < -0.39 is 51.8 Å². The van der Waals surface area contributed by atoms with Gasteiger partial charge >= 0.3 is 0 Å². The van der Waals surface area contributed by atoms with E-state index in [1.54, 1.807) is 13.8 Å². The van der Waals surface area contributed by atoms with Crippen molar-refractivity contribution in [3.8, 4) is 0 Å². The van der Waals surface area contributed by atoms with Gasteiger partial charge in [0, 0.05) is 11.5 Å². The Morgan fingerprint density at radius 3 is 1.68 bits per heavy atom. The van der Waals surface area contributed by atoms with Gasteiger partial charge in [0.25, 0.3) is 0 Å². The van der Waals surface area contributed by atoms with Crippen molar-refractivity contribution in [3.63, 3.8) is 0 Å². The lowest BCUT2D eigenvalue weighted by molar-refractivity contribution is -0.121. The molecule has 0 N–H and O–H groups in total. The predicted molar refractivity (Wildman–Crippen MR) is 62.5 cm³/mol. The highest BCUT2D eigenvalue weighted by Gasteiger charge is 2.29. The first kappa shape index (κ1) is 16.1. The molecule has 0 radical (unpaired) electrons. The molecule has 0 saturated heterocycles. The van der Waals surface area contributed by atoms with Gasteiger partial charge in [0.2, 0.25) is 5.82 Å². The van der Waals surface area contributed by atoms with E-state index >= 15 is 0 Å². The Morgan fingerprint density at radius 1 is 0.947 bits per heavy atom. The highest BCUT2D eigenvalue weighted by atomic mass is 79.9. The quantitative estimate of drug-likeness (QED) is 0.350. The maximum Gasteiger partial charge on any atom is 0.200 e. The van der Waals surface area contributed by atoms with Gasteiger partial charge in [0.1, 0.15) is 5.78 Å². The van der Waals surface area contributed by atoms with Gasteiger partial charge in [-0.2, -0.15) is 0 Å². The number of hydrogen-bond donors (Lipinski definition) is 0. The summed E-state index contributed by atoms with van der Waals surface area (Å²) in [7, 11) is 0. The van der Waals surface area contributed by atoms with E-state index in [0.29, 0.717) is 0 Å². The Balaban J connectivity index is 3.19. The Kier molecular flexibility index (Phi) is 5.06. The van der Waals surface area contributed by atoms with E-state index in [-0.39, 0.29) is 5.78 Å². The van der Waals surface area contributed by atoms with E-state index in [2.05, 4.69) is 15.9 Å². The van der Waals surface area contributed by atoms with Gasteiger partial charge in [-0.3, -0.25) is 4.79 Å². The van der Waals surface area contributed by atoms with Crippen LogP contribution in [0.2, 0.25) is 0 Å². The molecule has 106 valence electrons. The number of halogens is 6. The molecule has 0 aliphatic heterocycles. The predicted octanol–water partition coefficient (Wildman–Crippen LogP) is 3.91. The van der Waals surface area contributed by atoms with E-state index in [9.17, 15) is 26.7 Å². The van der Waals surface area contributed by atoms with Crippen LogP contribution in [-0.4, -0.2) is 10.6 Å². The summed E-state index contributed by atoms with van der Waals surface area (Å²) >= 11 is 2.90. The van der Waals surface area contributed by atoms with Gasteiger partial charge in [-0.15, -0.1) is 0 Å². The normalized spacial score (nSPS) is 12.9. The molecule has 0 aliphatic rings. The molecule has 19 heavy (non-hydrogen) atoms. The lowest BCUT2D eigenvalue weighted by Crippen LogP contribution is -2.23. The van der Waals surface area contributed by atoms with Crippen LogP contribution in [0.5, 0.6) is 0 Å². The van der Waals surface area contributed by atoms with Crippen molar-refractivity contribution in [3.05, 3.63) is 34.6 Å². The van der Waals surface area contributed by atoms with Crippen molar-refractivity contribution in [1.29, 1.82) is 0 Å². The molecule has 0 spiro atoms. The van der Waals surface area contributed by atoms with Gasteiger partial charge in [0.05, 0.1) is 4.83 Å². The first-order chi connectivity index (χ1) is 8.68. The third-order valence-electron chi connectivity index (χ3n) is 2.56. The molecule has 1 aromatic carbocycles. The van der Waals surface area contributed by atoms with Crippen LogP contribution in [0.1, 0.15) is 19.4 Å². The fraction of sp³-hybridized carbons (Fsp3) is 0.417. The Bertz CT molecular complexity index is 486. The number of alkyl halides is 1. The molecule has 1 aromatic rings. The number of hydrogen-bond acceptors (Lipinski definition) is 1. The number of ketones is 1. The zero-order valence-electron chi connectivity index (χ0n) is 10.0. The molecule has 0 fully saturated rings. The molecule has 0 aromatic heterocycles. The van der Waals surface area contributed by atoms with Gasteiger partial charge in [-0.05, 0) is 6.42 Å². The smallest absolute Gasteiger partial charge is 0.200 e. The summed E-state index contributed by atoms with van der Waals surface area (Å²) in [5.41, 5.74) is -0.993. The van der Waals surface area contributed by atoms with Crippen molar-refractivity contribution in [1.82, 2.24) is 0 Å². The molecule has 1 rings (SSSR count). The van der Waals surface area contributed by atoms with E-state index in [0.717, 1.165) is 0 Å². The maximum atomic E-state index is 13.4. The summed E-state index contributed by atoms with van der Waals surface area (Å²) in [5, 5.41) is 0. The minimum Gasteiger partial charge on any atom is -0.298 e. The van der Waals surface area contributed by atoms with Crippen LogP contribution in [0, 0.1) is 35.0 Å². The maximum absolute atomic E-state index is 13.4. The number of carbonyl (C=O) groups excluding carboxylic acids is 1. The fourth-order valence-corrected chi connectivity index (χ4v) is 2.32. The molecule has 7 heteroatoms. The number of rotatable bonds is 4. The van der Waals surface area contributed by atoms with Crippen LogP contribution in [0.3, 0.4) is 0 Å². The van der Waals surface area contributed by atoms with Gasteiger partial charge in [-0.25, -0.2) is 22.0 Å². The zero-order valence-corrected chi connectivity index (χ0v) is 11.6. The van der Waals surface area contributed by atoms with E-state index in [1.165, 1.54) is 0 Å². The molecule has 1 atom stereocenters. The number of carbonyl (C=O) groups is 1. The highest BCUT2D eigenvalue weighted by Crippen LogP contribution is 2.26. The first-order valence-electron chi connectivity index (χ1n) is 5.36. The molecule has 0 aliphatic carbocycles. The Morgan fingerprint density at radius 2 is 1.32 bits per heavy atom. The molecule has 1 unspecified atom stereocenters. The largest absolute Gasteiger partial charge is 0.298 e. The van der Waals surface area contributed by atoms with Crippen LogP contribution >= 0.6 is 15.9 Å². The monoisotopic (exact) mass is 344 g/mol. The SMILES string of the molecule is CC(C)C(=O)C(Br)Cc1c(F)c(F)c(F)c(F)c1F. The third-order valence-corrected chi connectivity index (χ3v) is 3.34. The summed E-state index contributed by atoms with van der Waals surface area (Å²) in [6.45, 7) is 3.13. The molecule has 1 nitrogen and oxygen atoms in total. The minimum atomic E-state index is -2.21. The van der Waals surface area contributed by atoms with Gasteiger partial charge < -0.3 is 0 Å². The average molecular weight is 345 g/mol. The summed E-state index contributed by atoms with van der Waals surface area (Å²) in [5.74, 6) is -10.8. The van der Waals surface area contributed by atoms with Crippen molar-refractivity contribution >= 4 is 21.7 Å². The summed E-state index contributed by atoms with van der Waals surface area (Å²) in [6, 6.07) is 0. The molecular weight excluding hydrogens is 335 g/mol. The first-order valence-corrected chi connectivity index (χ1v) is 6.28. The van der Waals surface area contributed by atoms with Crippen molar-refractivity contribution in [2.75, 3.05) is 0 Å². The van der Waals surface area contributed by atoms with E-state index in [4.69, 9.17) is 0 Å². The fourth-order valence-electron chi connectivity index (χ4n) is 1.47. The van der Waals surface area contributed by atoms with Crippen LogP contribution in [0.25, 0.3) is 0 Å². The molecule has 0 heterocycles. The second-order valence-corrected chi connectivity index (χ2v) is 5.38. The van der Waals surface area contributed by atoms with E-state index in [1.807, 2.05) is 0 Å². The van der Waals surface area contributed by atoms with Crippen molar-refractivity contribution in [2.24, 2.45) is 5.92 Å². The lowest BCUT2D eigenvalue weighted by atomic mass is 10.00. The zero-order chi connectivity index (χ0) is 14.9. The number of Topliss-reactive ketones (excluding diaryl/α,β-unsaturated/α-hetero) is 1. The average Bonchev–Trinajstić information content (AvgIpc) is 2.37. The van der Waals surface area contributed by atoms with Gasteiger partial charge in [-0.1, -0.05) is 29.8 Å². The molecule has 0 bridgehead atoms. The van der Waals surface area contributed by atoms with Crippen LogP contribution in [0.4, 0.5) is 22.0 Å². The summed E-state index contributed by atoms with van der Waals surface area (Å²) < 4.78 is 65.5. The standard InChI is InChI=1S/C12H10BrF5O/c1-4(2)12(19)6(13)3-5-7(14)9(16)11(18)10(17)8(5)15/h4,6H,3H2,1-2H3. The third kappa shape index (κ3) is 3.13. The molecule has 0 amide bonds. The Labute approximate surface area is 114 Å². The highest BCUT2D eigenvalue weighted by molar-refractivity contribution is 9.10.